The van der Waals surface area contributed by atoms with Gasteiger partial charge in [-0.15, -0.1) is 0 Å². The maximum atomic E-state index is 3.56. The second kappa shape index (κ2) is 8.12. The van der Waals surface area contributed by atoms with E-state index >= 15 is 0 Å². The van der Waals surface area contributed by atoms with Crippen molar-refractivity contribution in [2.24, 2.45) is 5.92 Å². The van der Waals surface area contributed by atoms with E-state index in [0.717, 1.165) is 19.0 Å². The zero-order valence-electron chi connectivity index (χ0n) is 11.5. The molecule has 92 valence electrons. The summed E-state index contributed by atoms with van der Waals surface area (Å²) in [6, 6.07) is 1.27. The topological polar surface area (TPSA) is 15.3 Å². The lowest BCUT2D eigenvalue weighted by Gasteiger charge is -2.34. The van der Waals surface area contributed by atoms with Crippen molar-refractivity contribution in [2.45, 2.75) is 60.0 Å². The van der Waals surface area contributed by atoms with Crippen molar-refractivity contribution in [3.8, 4) is 0 Å². The number of rotatable bonds is 8. The molecule has 1 unspecified atom stereocenters. The quantitative estimate of drug-likeness (QED) is 0.668. The zero-order valence-corrected chi connectivity index (χ0v) is 11.5. The van der Waals surface area contributed by atoms with Gasteiger partial charge in [-0.25, -0.2) is 0 Å². The van der Waals surface area contributed by atoms with Gasteiger partial charge in [0.25, 0.3) is 0 Å². The maximum Gasteiger partial charge on any atom is 0.0243 e. The molecule has 0 radical (unpaired) electrons. The first-order valence-corrected chi connectivity index (χ1v) is 6.50. The van der Waals surface area contributed by atoms with Crippen LogP contribution >= 0.6 is 0 Å². The lowest BCUT2D eigenvalue weighted by Crippen LogP contribution is -2.47. The van der Waals surface area contributed by atoms with Crippen LogP contribution in [0.15, 0.2) is 0 Å². The van der Waals surface area contributed by atoms with Crippen LogP contribution in [0.1, 0.15) is 48.0 Å². The number of hydrogen-bond donors (Lipinski definition) is 1. The Labute approximate surface area is 96.4 Å². The van der Waals surface area contributed by atoms with E-state index in [1.165, 1.54) is 13.0 Å². The van der Waals surface area contributed by atoms with Crippen LogP contribution in [-0.2, 0) is 0 Å². The summed E-state index contributed by atoms with van der Waals surface area (Å²) in [5, 5.41) is 3.56. The van der Waals surface area contributed by atoms with Gasteiger partial charge < -0.3 is 5.32 Å². The summed E-state index contributed by atoms with van der Waals surface area (Å²) in [5.74, 6) is 0.725. The molecule has 15 heavy (non-hydrogen) atoms. The summed E-state index contributed by atoms with van der Waals surface area (Å²) < 4.78 is 0. The SMILES string of the molecule is CCCN(CC)C(CNC(C)C)C(C)C. The lowest BCUT2D eigenvalue weighted by molar-refractivity contribution is 0.157. The summed E-state index contributed by atoms with van der Waals surface area (Å²) >= 11 is 0. The summed E-state index contributed by atoms with van der Waals surface area (Å²) in [5.41, 5.74) is 0. The van der Waals surface area contributed by atoms with Crippen molar-refractivity contribution in [3.63, 3.8) is 0 Å². The Morgan fingerprint density at radius 3 is 2.00 bits per heavy atom. The van der Waals surface area contributed by atoms with Crippen LogP contribution in [0.4, 0.5) is 0 Å². The third kappa shape index (κ3) is 6.16. The molecule has 0 spiro atoms. The zero-order chi connectivity index (χ0) is 11.8. The van der Waals surface area contributed by atoms with Crippen LogP contribution in [0.2, 0.25) is 0 Å². The molecule has 1 N–H and O–H groups in total. The van der Waals surface area contributed by atoms with Crippen LogP contribution in [0.3, 0.4) is 0 Å². The normalized spacial score (nSPS) is 14.2. The van der Waals surface area contributed by atoms with Crippen molar-refractivity contribution in [2.75, 3.05) is 19.6 Å². The van der Waals surface area contributed by atoms with Crippen LogP contribution in [0.5, 0.6) is 0 Å². The van der Waals surface area contributed by atoms with E-state index in [4.69, 9.17) is 0 Å². The largest absolute Gasteiger partial charge is 0.313 e. The van der Waals surface area contributed by atoms with Crippen molar-refractivity contribution < 1.29 is 0 Å². The molecule has 0 bridgehead atoms. The fourth-order valence-electron chi connectivity index (χ4n) is 1.99. The monoisotopic (exact) mass is 214 g/mol. The predicted octanol–water partition coefficient (Wildman–Crippen LogP) is 2.74. The van der Waals surface area contributed by atoms with Gasteiger partial charge in [0.05, 0.1) is 0 Å². The van der Waals surface area contributed by atoms with E-state index in [1.807, 2.05) is 0 Å². The standard InChI is InChI=1S/C13H30N2/c1-7-9-15(8-2)13(11(3)4)10-14-12(5)6/h11-14H,7-10H2,1-6H3. The Bertz CT molecular complexity index is 143. The molecule has 0 amide bonds. The van der Waals surface area contributed by atoms with Gasteiger partial charge in [0.15, 0.2) is 0 Å². The van der Waals surface area contributed by atoms with Crippen molar-refractivity contribution >= 4 is 0 Å². The molecule has 0 fully saturated rings. The third-order valence-corrected chi connectivity index (χ3v) is 2.89. The second-order valence-electron chi connectivity index (χ2n) is 5.00. The molecule has 0 rings (SSSR count). The molecule has 1 atom stereocenters. The Morgan fingerprint density at radius 2 is 1.67 bits per heavy atom. The summed E-state index contributed by atoms with van der Waals surface area (Å²) in [6.45, 7) is 17.1. The number of nitrogens with zero attached hydrogens (tertiary/aromatic N) is 1. The van der Waals surface area contributed by atoms with Crippen molar-refractivity contribution in [1.29, 1.82) is 0 Å². The first kappa shape index (κ1) is 14.9. The van der Waals surface area contributed by atoms with Gasteiger partial charge in [0.1, 0.15) is 0 Å². The molecule has 0 aliphatic carbocycles. The van der Waals surface area contributed by atoms with E-state index in [9.17, 15) is 0 Å². The molecule has 0 aromatic carbocycles. The number of hydrogen-bond acceptors (Lipinski definition) is 2. The van der Waals surface area contributed by atoms with E-state index < -0.39 is 0 Å². The van der Waals surface area contributed by atoms with Crippen LogP contribution in [0, 0.1) is 5.92 Å². The van der Waals surface area contributed by atoms with Gasteiger partial charge in [0.2, 0.25) is 0 Å². The highest BCUT2D eigenvalue weighted by molar-refractivity contribution is 4.77. The minimum atomic E-state index is 0.589. The van der Waals surface area contributed by atoms with Gasteiger partial charge in [0, 0.05) is 18.6 Å². The molecule has 0 saturated heterocycles. The van der Waals surface area contributed by atoms with Gasteiger partial charge >= 0.3 is 0 Å². The van der Waals surface area contributed by atoms with E-state index in [-0.39, 0.29) is 0 Å². The highest BCUT2D eigenvalue weighted by Crippen LogP contribution is 2.10. The van der Waals surface area contributed by atoms with E-state index in [0.29, 0.717) is 12.1 Å². The van der Waals surface area contributed by atoms with Crippen LogP contribution < -0.4 is 5.32 Å². The third-order valence-electron chi connectivity index (χ3n) is 2.89. The smallest absolute Gasteiger partial charge is 0.0243 e. The maximum absolute atomic E-state index is 3.56. The molecular formula is C13H30N2. The number of likely N-dealkylation sites (N-methyl/N-ethyl adjacent to an activating group) is 1. The number of nitrogens with one attached hydrogen (secondary N) is 1. The van der Waals surface area contributed by atoms with E-state index in [2.05, 4.69) is 51.8 Å². The van der Waals surface area contributed by atoms with Gasteiger partial charge in [-0.2, -0.15) is 0 Å². The molecule has 2 heteroatoms. The van der Waals surface area contributed by atoms with Crippen molar-refractivity contribution in [1.82, 2.24) is 10.2 Å². The molecule has 0 aromatic rings. The fourth-order valence-corrected chi connectivity index (χ4v) is 1.99. The van der Waals surface area contributed by atoms with Gasteiger partial charge in [-0.3, -0.25) is 4.90 Å². The molecule has 0 aliphatic rings. The highest BCUT2D eigenvalue weighted by atomic mass is 15.2. The summed E-state index contributed by atoms with van der Waals surface area (Å²) in [7, 11) is 0. The molecule has 0 heterocycles. The average Bonchev–Trinajstić information content (AvgIpc) is 2.15. The fraction of sp³-hybridized carbons (Fsp3) is 1.00. The minimum absolute atomic E-state index is 0.589. The Kier molecular flexibility index (Phi) is 8.07. The van der Waals surface area contributed by atoms with Crippen LogP contribution in [-0.4, -0.2) is 36.6 Å². The molecule has 0 saturated carbocycles. The predicted molar refractivity (Wildman–Crippen MR) is 69.3 cm³/mol. The lowest BCUT2D eigenvalue weighted by atomic mass is 10.0. The Balaban J connectivity index is 4.21. The summed E-state index contributed by atoms with van der Waals surface area (Å²) in [4.78, 5) is 2.60. The Hall–Kier alpha value is -0.0800. The molecule has 0 aliphatic heterocycles. The summed E-state index contributed by atoms with van der Waals surface area (Å²) in [6.07, 6.45) is 1.25. The first-order valence-electron chi connectivity index (χ1n) is 6.50. The van der Waals surface area contributed by atoms with Crippen LogP contribution in [0.25, 0.3) is 0 Å². The van der Waals surface area contributed by atoms with Crippen molar-refractivity contribution in [3.05, 3.63) is 0 Å². The average molecular weight is 214 g/mol. The molecule has 2 nitrogen and oxygen atoms in total. The molecule has 0 aromatic heterocycles. The first-order chi connectivity index (χ1) is 7.02. The van der Waals surface area contributed by atoms with Gasteiger partial charge in [-0.1, -0.05) is 41.5 Å². The Morgan fingerprint density at radius 1 is 1.07 bits per heavy atom. The van der Waals surface area contributed by atoms with Gasteiger partial charge in [-0.05, 0) is 25.4 Å². The second-order valence-corrected chi connectivity index (χ2v) is 5.00. The highest BCUT2D eigenvalue weighted by Gasteiger charge is 2.19. The minimum Gasteiger partial charge on any atom is -0.313 e. The van der Waals surface area contributed by atoms with E-state index in [1.54, 1.807) is 0 Å². The molecular weight excluding hydrogens is 184 g/mol.